The Balaban J connectivity index is 2.18. The molecule has 0 aliphatic heterocycles. The molecule has 0 saturated heterocycles. The lowest BCUT2D eigenvalue weighted by Crippen LogP contribution is -2.15. The lowest BCUT2D eigenvalue weighted by molar-refractivity contribution is 0.276. The van der Waals surface area contributed by atoms with Crippen LogP contribution in [0.25, 0.3) is 0 Å². The molecule has 0 amide bonds. The molecule has 4 heteroatoms. The second-order valence-corrected chi connectivity index (χ2v) is 5.04. The third-order valence-corrected chi connectivity index (χ3v) is 3.21. The second-order valence-electron chi connectivity index (χ2n) is 5.04. The van der Waals surface area contributed by atoms with Crippen molar-refractivity contribution in [1.82, 2.24) is 9.78 Å². The standard InChI is InChI=1S/C15H21N3O/c1-11(2)18-9-13(8-16-18)15(10-19)17-14-7-5-4-6-12(14)3/h4-9,11,15,17,19H,10H2,1-3H3. The minimum atomic E-state index is -0.131. The van der Waals surface area contributed by atoms with Gasteiger partial charge in [0, 0.05) is 23.5 Å². The molecular formula is C15H21N3O. The third-order valence-electron chi connectivity index (χ3n) is 3.21. The van der Waals surface area contributed by atoms with Gasteiger partial charge in [0.25, 0.3) is 0 Å². The molecule has 0 fully saturated rings. The number of nitrogens with zero attached hydrogens (tertiary/aromatic N) is 2. The Morgan fingerprint density at radius 1 is 1.32 bits per heavy atom. The van der Waals surface area contributed by atoms with Crippen LogP contribution < -0.4 is 5.32 Å². The van der Waals surface area contributed by atoms with E-state index in [9.17, 15) is 5.11 Å². The van der Waals surface area contributed by atoms with Crippen LogP contribution in [0.4, 0.5) is 5.69 Å². The quantitative estimate of drug-likeness (QED) is 0.868. The molecule has 2 aromatic rings. The largest absolute Gasteiger partial charge is 0.394 e. The lowest BCUT2D eigenvalue weighted by Gasteiger charge is -2.17. The van der Waals surface area contributed by atoms with E-state index in [1.165, 1.54) is 0 Å². The van der Waals surface area contributed by atoms with Crippen LogP contribution in [-0.4, -0.2) is 21.5 Å². The van der Waals surface area contributed by atoms with Crippen molar-refractivity contribution in [2.24, 2.45) is 0 Å². The van der Waals surface area contributed by atoms with Gasteiger partial charge in [-0.2, -0.15) is 5.10 Å². The predicted octanol–water partition coefficient (Wildman–Crippen LogP) is 2.92. The Morgan fingerprint density at radius 3 is 2.63 bits per heavy atom. The molecule has 0 aliphatic rings. The summed E-state index contributed by atoms with van der Waals surface area (Å²) in [5, 5.41) is 17.3. The van der Waals surface area contributed by atoms with E-state index < -0.39 is 0 Å². The Hall–Kier alpha value is -1.81. The van der Waals surface area contributed by atoms with Gasteiger partial charge in [-0.1, -0.05) is 18.2 Å². The molecule has 19 heavy (non-hydrogen) atoms. The van der Waals surface area contributed by atoms with E-state index in [1.807, 2.05) is 48.3 Å². The second kappa shape index (κ2) is 5.89. The highest BCUT2D eigenvalue weighted by atomic mass is 16.3. The van der Waals surface area contributed by atoms with E-state index >= 15 is 0 Å². The van der Waals surface area contributed by atoms with Crippen molar-refractivity contribution in [1.29, 1.82) is 0 Å². The van der Waals surface area contributed by atoms with Gasteiger partial charge in [0.05, 0.1) is 18.8 Å². The zero-order chi connectivity index (χ0) is 13.8. The number of rotatable bonds is 5. The average Bonchev–Trinajstić information content (AvgIpc) is 2.87. The number of benzene rings is 1. The molecule has 0 radical (unpaired) electrons. The molecule has 0 spiro atoms. The van der Waals surface area contributed by atoms with Crippen molar-refractivity contribution in [2.45, 2.75) is 32.9 Å². The molecule has 4 nitrogen and oxygen atoms in total. The summed E-state index contributed by atoms with van der Waals surface area (Å²) < 4.78 is 1.90. The Bertz CT molecular complexity index is 534. The van der Waals surface area contributed by atoms with Gasteiger partial charge in [0.2, 0.25) is 0 Å². The molecule has 1 aromatic carbocycles. The summed E-state index contributed by atoms with van der Waals surface area (Å²) in [6.45, 7) is 6.26. The number of aliphatic hydroxyl groups is 1. The number of hydrogen-bond acceptors (Lipinski definition) is 3. The van der Waals surface area contributed by atoms with Crippen molar-refractivity contribution in [3.8, 4) is 0 Å². The Labute approximate surface area is 114 Å². The van der Waals surface area contributed by atoms with Gasteiger partial charge in [-0.15, -0.1) is 0 Å². The van der Waals surface area contributed by atoms with E-state index in [4.69, 9.17) is 0 Å². The van der Waals surface area contributed by atoms with Crippen LogP contribution >= 0.6 is 0 Å². The van der Waals surface area contributed by atoms with Crippen LogP contribution in [0.1, 0.15) is 37.1 Å². The third kappa shape index (κ3) is 3.15. The van der Waals surface area contributed by atoms with Crippen LogP contribution in [0, 0.1) is 6.92 Å². The Morgan fingerprint density at radius 2 is 2.05 bits per heavy atom. The highest BCUT2D eigenvalue weighted by Crippen LogP contribution is 2.22. The van der Waals surface area contributed by atoms with Gasteiger partial charge in [-0.3, -0.25) is 4.68 Å². The topological polar surface area (TPSA) is 50.1 Å². The van der Waals surface area contributed by atoms with Gasteiger partial charge in [0.1, 0.15) is 0 Å². The number of nitrogens with one attached hydrogen (secondary N) is 1. The van der Waals surface area contributed by atoms with Gasteiger partial charge in [0.15, 0.2) is 0 Å². The molecule has 0 saturated carbocycles. The zero-order valence-corrected chi connectivity index (χ0v) is 11.7. The van der Waals surface area contributed by atoms with Crippen molar-refractivity contribution >= 4 is 5.69 Å². The van der Waals surface area contributed by atoms with E-state index in [0.29, 0.717) is 6.04 Å². The molecule has 2 rings (SSSR count). The van der Waals surface area contributed by atoms with Crippen molar-refractivity contribution in [3.05, 3.63) is 47.8 Å². The fourth-order valence-electron chi connectivity index (χ4n) is 1.97. The summed E-state index contributed by atoms with van der Waals surface area (Å²) in [6, 6.07) is 8.26. The van der Waals surface area contributed by atoms with E-state index in [2.05, 4.69) is 24.3 Å². The molecule has 102 valence electrons. The summed E-state index contributed by atoms with van der Waals surface area (Å²) in [5.74, 6) is 0. The van der Waals surface area contributed by atoms with Gasteiger partial charge in [-0.25, -0.2) is 0 Å². The van der Waals surface area contributed by atoms with E-state index in [0.717, 1.165) is 16.8 Å². The molecule has 1 aromatic heterocycles. The number of aryl methyl sites for hydroxylation is 1. The molecule has 0 aliphatic carbocycles. The average molecular weight is 259 g/mol. The first-order chi connectivity index (χ1) is 9.11. The smallest absolute Gasteiger partial charge is 0.0775 e. The minimum Gasteiger partial charge on any atom is -0.394 e. The number of hydrogen-bond donors (Lipinski definition) is 2. The lowest BCUT2D eigenvalue weighted by atomic mass is 10.1. The summed E-state index contributed by atoms with van der Waals surface area (Å²) in [7, 11) is 0. The van der Waals surface area contributed by atoms with Gasteiger partial charge >= 0.3 is 0 Å². The highest BCUT2D eigenvalue weighted by Gasteiger charge is 2.14. The first kappa shape index (κ1) is 13.6. The van der Waals surface area contributed by atoms with E-state index in [-0.39, 0.29) is 12.6 Å². The number of aromatic nitrogens is 2. The first-order valence-corrected chi connectivity index (χ1v) is 6.59. The fraction of sp³-hybridized carbons (Fsp3) is 0.400. The maximum absolute atomic E-state index is 9.58. The molecule has 2 N–H and O–H groups in total. The molecule has 1 atom stereocenters. The maximum Gasteiger partial charge on any atom is 0.0775 e. The fourth-order valence-corrected chi connectivity index (χ4v) is 1.97. The minimum absolute atomic E-state index is 0.0398. The predicted molar refractivity (Wildman–Crippen MR) is 77.2 cm³/mol. The number of para-hydroxylation sites is 1. The number of aliphatic hydroxyl groups excluding tert-OH is 1. The summed E-state index contributed by atoms with van der Waals surface area (Å²) in [4.78, 5) is 0. The molecule has 1 heterocycles. The van der Waals surface area contributed by atoms with Gasteiger partial charge < -0.3 is 10.4 Å². The SMILES string of the molecule is Cc1ccccc1NC(CO)c1cnn(C(C)C)c1. The maximum atomic E-state index is 9.58. The molecule has 1 unspecified atom stereocenters. The normalized spacial score (nSPS) is 12.7. The van der Waals surface area contributed by atoms with Crippen molar-refractivity contribution in [3.63, 3.8) is 0 Å². The molecular weight excluding hydrogens is 238 g/mol. The monoisotopic (exact) mass is 259 g/mol. The summed E-state index contributed by atoms with van der Waals surface area (Å²) in [6.07, 6.45) is 3.79. The van der Waals surface area contributed by atoms with E-state index in [1.54, 1.807) is 0 Å². The van der Waals surface area contributed by atoms with Crippen molar-refractivity contribution in [2.75, 3.05) is 11.9 Å². The zero-order valence-electron chi connectivity index (χ0n) is 11.7. The number of anilines is 1. The van der Waals surface area contributed by atoms with Crippen LogP contribution in [0.5, 0.6) is 0 Å². The Kier molecular flexibility index (Phi) is 4.22. The van der Waals surface area contributed by atoms with Crippen LogP contribution in [-0.2, 0) is 0 Å². The van der Waals surface area contributed by atoms with Crippen LogP contribution in [0.15, 0.2) is 36.7 Å². The van der Waals surface area contributed by atoms with Crippen LogP contribution in [0.3, 0.4) is 0 Å². The van der Waals surface area contributed by atoms with Gasteiger partial charge in [-0.05, 0) is 32.4 Å². The highest BCUT2D eigenvalue weighted by molar-refractivity contribution is 5.51. The molecule has 0 bridgehead atoms. The summed E-state index contributed by atoms with van der Waals surface area (Å²) in [5.41, 5.74) is 3.20. The first-order valence-electron chi connectivity index (χ1n) is 6.59. The van der Waals surface area contributed by atoms with Crippen LogP contribution in [0.2, 0.25) is 0 Å². The van der Waals surface area contributed by atoms with Crippen molar-refractivity contribution < 1.29 is 5.11 Å². The summed E-state index contributed by atoms with van der Waals surface area (Å²) >= 11 is 0.